The third kappa shape index (κ3) is 2.84. The maximum Gasteiger partial charge on any atom is 0.335 e. The Kier molecular flexibility index (Phi) is 3.41. The molecule has 0 atom stereocenters. The van der Waals surface area contributed by atoms with Crippen molar-refractivity contribution < 1.29 is 27.9 Å². The minimum atomic E-state index is -1.43. The first-order valence-electron chi connectivity index (χ1n) is 5.11. The molecular weight excluding hydrogens is 262 g/mol. The zero-order valence-electron chi connectivity index (χ0n) is 9.68. The van der Waals surface area contributed by atoms with Crippen LogP contribution >= 0.6 is 0 Å². The van der Waals surface area contributed by atoms with Gasteiger partial charge in [-0.05, 0) is 12.1 Å². The molecule has 8 heteroatoms. The van der Waals surface area contributed by atoms with Gasteiger partial charge in [-0.25, -0.2) is 13.6 Å². The van der Waals surface area contributed by atoms with E-state index >= 15 is 0 Å². The lowest BCUT2D eigenvalue weighted by Crippen LogP contribution is -2.04. The van der Waals surface area contributed by atoms with Crippen molar-refractivity contribution in [3.05, 3.63) is 41.0 Å². The summed E-state index contributed by atoms with van der Waals surface area (Å²) in [5, 5.41) is 12.1. The SMILES string of the molecule is Cc1nc(COc2c(F)cc(C(=O)O)cc2F)no1. The van der Waals surface area contributed by atoms with Crippen LogP contribution in [0.2, 0.25) is 0 Å². The van der Waals surface area contributed by atoms with Crippen molar-refractivity contribution in [3.63, 3.8) is 0 Å². The van der Waals surface area contributed by atoms with Crippen molar-refractivity contribution in [3.8, 4) is 5.75 Å². The highest BCUT2D eigenvalue weighted by atomic mass is 19.1. The molecule has 0 spiro atoms. The number of carboxylic acid groups (broad SMARTS) is 1. The second-order valence-electron chi connectivity index (χ2n) is 3.59. The number of benzene rings is 1. The minimum absolute atomic E-state index is 0.124. The molecule has 6 nitrogen and oxygen atoms in total. The van der Waals surface area contributed by atoms with E-state index in [1.54, 1.807) is 6.92 Å². The first kappa shape index (κ1) is 12.9. The van der Waals surface area contributed by atoms with E-state index < -0.39 is 28.9 Å². The van der Waals surface area contributed by atoms with Gasteiger partial charge in [0.05, 0.1) is 5.56 Å². The van der Waals surface area contributed by atoms with Crippen molar-refractivity contribution in [1.82, 2.24) is 10.1 Å². The van der Waals surface area contributed by atoms with Gasteiger partial charge in [-0.1, -0.05) is 5.16 Å². The Balaban J connectivity index is 2.18. The second-order valence-corrected chi connectivity index (χ2v) is 3.59. The maximum atomic E-state index is 13.5. The number of aromatic carboxylic acids is 1. The third-order valence-corrected chi connectivity index (χ3v) is 2.16. The molecule has 0 aliphatic carbocycles. The van der Waals surface area contributed by atoms with Gasteiger partial charge in [-0.3, -0.25) is 0 Å². The normalized spacial score (nSPS) is 10.5. The monoisotopic (exact) mass is 270 g/mol. The molecule has 2 aromatic rings. The van der Waals surface area contributed by atoms with Gasteiger partial charge in [0, 0.05) is 6.92 Å². The lowest BCUT2D eigenvalue weighted by molar-refractivity contribution is 0.0695. The third-order valence-electron chi connectivity index (χ3n) is 2.16. The molecule has 0 fully saturated rings. The zero-order valence-corrected chi connectivity index (χ0v) is 9.68. The molecule has 0 saturated carbocycles. The fraction of sp³-hybridized carbons (Fsp3) is 0.182. The maximum absolute atomic E-state index is 13.5. The summed E-state index contributed by atoms with van der Waals surface area (Å²) in [4.78, 5) is 14.4. The molecule has 100 valence electrons. The summed E-state index contributed by atoms with van der Waals surface area (Å²) >= 11 is 0. The number of halogens is 2. The lowest BCUT2D eigenvalue weighted by atomic mass is 10.2. The van der Waals surface area contributed by atoms with Crippen LogP contribution in [-0.2, 0) is 6.61 Å². The Bertz CT molecular complexity index is 604. The van der Waals surface area contributed by atoms with Gasteiger partial charge in [0.1, 0.15) is 0 Å². The number of rotatable bonds is 4. The molecule has 1 aromatic carbocycles. The molecule has 1 heterocycles. The highest BCUT2D eigenvalue weighted by molar-refractivity contribution is 5.87. The molecule has 1 N–H and O–H groups in total. The Hall–Kier alpha value is -2.51. The van der Waals surface area contributed by atoms with Crippen molar-refractivity contribution in [1.29, 1.82) is 0 Å². The Labute approximate surface area is 105 Å². The van der Waals surface area contributed by atoms with Crippen molar-refractivity contribution in [2.75, 3.05) is 0 Å². The van der Waals surface area contributed by atoms with Gasteiger partial charge in [-0.15, -0.1) is 0 Å². The number of hydrogen-bond donors (Lipinski definition) is 1. The number of carboxylic acids is 1. The number of hydrogen-bond acceptors (Lipinski definition) is 5. The topological polar surface area (TPSA) is 85.5 Å². The summed E-state index contributed by atoms with van der Waals surface area (Å²) in [5.74, 6) is -3.93. The molecule has 0 aliphatic rings. The second kappa shape index (κ2) is 5.01. The van der Waals surface area contributed by atoms with E-state index in [-0.39, 0.29) is 12.4 Å². The van der Waals surface area contributed by atoms with Gasteiger partial charge < -0.3 is 14.4 Å². The van der Waals surface area contributed by atoms with Crippen molar-refractivity contribution >= 4 is 5.97 Å². The summed E-state index contributed by atoms with van der Waals surface area (Å²) < 4.78 is 36.5. The smallest absolute Gasteiger partial charge is 0.335 e. The number of nitrogens with zero attached hydrogens (tertiary/aromatic N) is 2. The van der Waals surface area contributed by atoms with Crippen LogP contribution in [0, 0.1) is 18.6 Å². The molecule has 19 heavy (non-hydrogen) atoms. The van der Waals surface area contributed by atoms with E-state index in [9.17, 15) is 13.6 Å². The predicted octanol–water partition coefficient (Wildman–Crippen LogP) is 1.93. The van der Waals surface area contributed by atoms with Crippen LogP contribution in [0.1, 0.15) is 22.1 Å². The summed E-state index contributed by atoms with van der Waals surface area (Å²) in [6.07, 6.45) is 0. The van der Waals surface area contributed by atoms with E-state index in [0.29, 0.717) is 18.0 Å². The van der Waals surface area contributed by atoms with E-state index in [0.717, 1.165) is 0 Å². The summed E-state index contributed by atoms with van der Waals surface area (Å²) in [5.41, 5.74) is -0.502. The molecule has 1 aromatic heterocycles. The van der Waals surface area contributed by atoms with Crippen LogP contribution in [0.3, 0.4) is 0 Å². The van der Waals surface area contributed by atoms with Crippen molar-refractivity contribution in [2.45, 2.75) is 13.5 Å². The van der Waals surface area contributed by atoms with Crippen LogP contribution in [0.4, 0.5) is 8.78 Å². The van der Waals surface area contributed by atoms with Crippen LogP contribution in [0.5, 0.6) is 5.75 Å². The van der Waals surface area contributed by atoms with Crippen molar-refractivity contribution in [2.24, 2.45) is 0 Å². The number of carbonyl (C=O) groups is 1. The highest BCUT2D eigenvalue weighted by Crippen LogP contribution is 2.24. The Morgan fingerprint density at radius 2 is 2.05 bits per heavy atom. The lowest BCUT2D eigenvalue weighted by Gasteiger charge is -2.07. The van der Waals surface area contributed by atoms with Gasteiger partial charge >= 0.3 is 5.97 Å². The molecule has 0 bridgehead atoms. The van der Waals surface area contributed by atoms with Crippen LogP contribution < -0.4 is 4.74 Å². The van der Waals surface area contributed by atoms with E-state index in [1.807, 2.05) is 0 Å². The zero-order chi connectivity index (χ0) is 14.0. The number of aromatic nitrogens is 2. The first-order valence-corrected chi connectivity index (χ1v) is 5.11. The Morgan fingerprint density at radius 1 is 1.42 bits per heavy atom. The Morgan fingerprint density at radius 3 is 2.53 bits per heavy atom. The molecule has 0 saturated heterocycles. The van der Waals surface area contributed by atoms with Crippen LogP contribution in [-0.4, -0.2) is 21.2 Å². The van der Waals surface area contributed by atoms with Gasteiger partial charge in [0.2, 0.25) is 11.7 Å². The standard InChI is InChI=1S/C11H8F2N2O4/c1-5-14-9(15-19-5)4-18-10-7(12)2-6(11(16)17)3-8(10)13/h2-3H,4H2,1H3,(H,16,17). The molecule has 0 unspecified atom stereocenters. The minimum Gasteiger partial charge on any atom is -0.479 e. The summed E-state index contributed by atoms with van der Waals surface area (Å²) in [6, 6.07) is 1.34. The first-order chi connectivity index (χ1) is 8.97. The highest BCUT2D eigenvalue weighted by Gasteiger charge is 2.16. The van der Waals surface area contributed by atoms with Crippen LogP contribution in [0.25, 0.3) is 0 Å². The molecule has 0 amide bonds. The quantitative estimate of drug-likeness (QED) is 0.913. The number of aryl methyl sites for hydroxylation is 1. The van der Waals surface area contributed by atoms with Crippen LogP contribution in [0.15, 0.2) is 16.7 Å². The molecular formula is C11H8F2N2O4. The fourth-order valence-electron chi connectivity index (χ4n) is 1.36. The van der Waals surface area contributed by atoms with Gasteiger partial charge in [-0.2, -0.15) is 4.98 Å². The van der Waals surface area contributed by atoms with E-state index in [4.69, 9.17) is 9.84 Å². The summed E-state index contributed by atoms with van der Waals surface area (Å²) in [7, 11) is 0. The number of ether oxygens (including phenoxy) is 1. The molecule has 2 rings (SSSR count). The predicted molar refractivity (Wildman–Crippen MR) is 56.7 cm³/mol. The van der Waals surface area contributed by atoms with Gasteiger partial charge in [0.25, 0.3) is 0 Å². The van der Waals surface area contributed by atoms with E-state index in [2.05, 4.69) is 14.7 Å². The molecule has 0 aliphatic heterocycles. The summed E-state index contributed by atoms with van der Waals surface area (Å²) in [6.45, 7) is 1.26. The van der Waals surface area contributed by atoms with Gasteiger partial charge in [0.15, 0.2) is 24.0 Å². The molecule has 0 radical (unpaired) electrons. The van der Waals surface area contributed by atoms with E-state index in [1.165, 1.54) is 0 Å². The average Bonchev–Trinajstić information content (AvgIpc) is 2.73. The largest absolute Gasteiger partial charge is 0.479 e. The average molecular weight is 270 g/mol. The fourth-order valence-corrected chi connectivity index (χ4v) is 1.36.